The Balaban J connectivity index is 2.09. The maximum atomic E-state index is 12.8. The molecule has 0 aliphatic carbocycles. The first-order valence-electron chi connectivity index (χ1n) is 7.10. The van der Waals surface area contributed by atoms with Gasteiger partial charge in [0.25, 0.3) is 11.8 Å². The Labute approximate surface area is 144 Å². The normalized spacial score (nSPS) is 11.2. The first-order chi connectivity index (χ1) is 11.7. The van der Waals surface area contributed by atoms with Crippen LogP contribution in [0.25, 0.3) is 0 Å². The predicted octanol–water partition coefficient (Wildman–Crippen LogP) is 1.15. The molecule has 0 saturated heterocycles. The summed E-state index contributed by atoms with van der Waals surface area (Å²) < 4.78 is 38.0. The Kier molecular flexibility index (Phi) is 5.50. The summed E-state index contributed by atoms with van der Waals surface area (Å²) in [6.45, 7) is 0. The van der Waals surface area contributed by atoms with Crippen molar-refractivity contribution in [2.75, 3.05) is 14.1 Å². The fourth-order valence-corrected chi connectivity index (χ4v) is 2.82. The maximum absolute atomic E-state index is 12.8. The molecule has 2 amide bonds. The van der Waals surface area contributed by atoms with Crippen LogP contribution in [0.3, 0.4) is 0 Å². The van der Waals surface area contributed by atoms with Gasteiger partial charge in [-0.15, -0.1) is 0 Å². The van der Waals surface area contributed by atoms with Crippen molar-refractivity contribution in [1.82, 2.24) is 15.2 Å². The van der Waals surface area contributed by atoms with Crippen LogP contribution in [-0.4, -0.2) is 38.6 Å². The lowest BCUT2D eigenvalue weighted by Gasteiger charge is -2.12. The van der Waals surface area contributed by atoms with Crippen molar-refractivity contribution < 1.29 is 22.4 Å². The van der Waals surface area contributed by atoms with E-state index in [1.807, 2.05) is 0 Å². The minimum absolute atomic E-state index is 0.0463. The molecule has 132 valence electrons. The molecule has 2 N–H and O–H groups in total. The van der Waals surface area contributed by atoms with Gasteiger partial charge in [0.15, 0.2) is 0 Å². The van der Waals surface area contributed by atoms with Crippen LogP contribution in [0.4, 0.5) is 4.39 Å². The zero-order valence-corrected chi connectivity index (χ0v) is 14.3. The molecule has 0 unspecified atom stereocenters. The molecule has 0 atom stereocenters. The molecular formula is C16H16FN3O4S. The lowest BCUT2D eigenvalue weighted by molar-refractivity contribution is 0.0846. The van der Waals surface area contributed by atoms with Gasteiger partial charge in [0.05, 0.1) is 4.90 Å². The molecule has 2 rings (SSSR count). The van der Waals surface area contributed by atoms with Crippen LogP contribution in [0.1, 0.15) is 20.7 Å². The molecule has 0 bridgehead atoms. The van der Waals surface area contributed by atoms with Crippen LogP contribution >= 0.6 is 0 Å². The molecule has 0 radical (unpaired) electrons. The Morgan fingerprint density at radius 1 is 0.920 bits per heavy atom. The summed E-state index contributed by atoms with van der Waals surface area (Å²) in [5.41, 5.74) is 4.57. The number of rotatable bonds is 4. The van der Waals surface area contributed by atoms with Crippen LogP contribution in [0.5, 0.6) is 0 Å². The van der Waals surface area contributed by atoms with Crippen LogP contribution in [0.15, 0.2) is 53.4 Å². The average Bonchev–Trinajstić information content (AvgIpc) is 2.60. The second kappa shape index (κ2) is 7.41. The molecule has 0 heterocycles. The molecule has 7 nitrogen and oxygen atoms in total. The quantitative estimate of drug-likeness (QED) is 0.795. The molecular weight excluding hydrogens is 349 g/mol. The molecule has 9 heteroatoms. The smallest absolute Gasteiger partial charge is 0.267 e. The maximum Gasteiger partial charge on any atom is 0.269 e. The van der Waals surface area contributed by atoms with E-state index in [0.717, 1.165) is 16.4 Å². The van der Waals surface area contributed by atoms with Crippen molar-refractivity contribution in [3.05, 3.63) is 65.5 Å². The number of amides is 2. The third-order valence-corrected chi connectivity index (χ3v) is 5.08. The monoisotopic (exact) mass is 365 g/mol. The number of nitrogens with one attached hydrogen (secondary N) is 2. The van der Waals surface area contributed by atoms with Gasteiger partial charge in [0, 0.05) is 25.2 Å². The van der Waals surface area contributed by atoms with Gasteiger partial charge in [-0.05, 0) is 42.5 Å². The fourth-order valence-electron chi connectivity index (χ4n) is 1.87. The third kappa shape index (κ3) is 4.40. The summed E-state index contributed by atoms with van der Waals surface area (Å²) in [5.74, 6) is -1.81. The van der Waals surface area contributed by atoms with Crippen molar-refractivity contribution >= 4 is 21.8 Å². The highest BCUT2D eigenvalue weighted by Gasteiger charge is 2.19. The number of halogens is 1. The van der Waals surface area contributed by atoms with Gasteiger partial charge in [-0.1, -0.05) is 6.07 Å². The standard InChI is InChI=1S/C16H16FN3O4S/c1-20(2)25(23,24)14-5-3-4-12(10-14)16(22)19-18-15(21)11-6-8-13(17)9-7-11/h3-10H,1-2H3,(H,18,21)(H,19,22). The SMILES string of the molecule is CN(C)S(=O)(=O)c1cccc(C(=O)NNC(=O)c2ccc(F)cc2)c1. The molecule has 0 spiro atoms. The largest absolute Gasteiger partial charge is 0.269 e. The van der Waals surface area contributed by atoms with E-state index < -0.39 is 27.7 Å². The van der Waals surface area contributed by atoms with E-state index >= 15 is 0 Å². The van der Waals surface area contributed by atoms with Gasteiger partial charge in [0.1, 0.15) is 5.82 Å². The molecule has 25 heavy (non-hydrogen) atoms. The van der Waals surface area contributed by atoms with Gasteiger partial charge < -0.3 is 0 Å². The van der Waals surface area contributed by atoms with Gasteiger partial charge in [-0.2, -0.15) is 0 Å². The van der Waals surface area contributed by atoms with Crippen LogP contribution in [0, 0.1) is 5.82 Å². The van der Waals surface area contributed by atoms with Crippen molar-refractivity contribution in [2.45, 2.75) is 4.90 Å². The predicted molar refractivity (Wildman–Crippen MR) is 88.6 cm³/mol. The Morgan fingerprint density at radius 2 is 1.48 bits per heavy atom. The van der Waals surface area contributed by atoms with Crippen LogP contribution < -0.4 is 10.9 Å². The van der Waals surface area contributed by atoms with Crippen molar-refractivity contribution in [3.8, 4) is 0 Å². The van der Waals surface area contributed by atoms with E-state index in [4.69, 9.17) is 0 Å². The Hall–Kier alpha value is -2.78. The van der Waals surface area contributed by atoms with Crippen molar-refractivity contribution in [2.24, 2.45) is 0 Å². The minimum Gasteiger partial charge on any atom is -0.267 e. The highest BCUT2D eigenvalue weighted by Crippen LogP contribution is 2.14. The van der Waals surface area contributed by atoms with Gasteiger partial charge in [-0.25, -0.2) is 17.1 Å². The van der Waals surface area contributed by atoms with E-state index in [1.54, 1.807) is 0 Å². The van der Waals surface area contributed by atoms with E-state index in [0.29, 0.717) is 0 Å². The van der Waals surface area contributed by atoms with Crippen LogP contribution in [0.2, 0.25) is 0 Å². The summed E-state index contributed by atoms with van der Waals surface area (Å²) in [6, 6.07) is 10.2. The highest BCUT2D eigenvalue weighted by molar-refractivity contribution is 7.89. The number of hydrazine groups is 1. The number of sulfonamides is 1. The van der Waals surface area contributed by atoms with Gasteiger partial charge in [0.2, 0.25) is 10.0 Å². The number of nitrogens with zero attached hydrogens (tertiary/aromatic N) is 1. The van der Waals surface area contributed by atoms with Crippen molar-refractivity contribution in [1.29, 1.82) is 0 Å². The molecule has 0 fully saturated rings. The van der Waals surface area contributed by atoms with Crippen molar-refractivity contribution in [3.63, 3.8) is 0 Å². The lowest BCUT2D eigenvalue weighted by atomic mass is 10.2. The summed E-state index contributed by atoms with van der Waals surface area (Å²) in [7, 11) is -0.921. The molecule has 0 aliphatic rings. The zero-order valence-electron chi connectivity index (χ0n) is 13.5. The number of carbonyl (C=O) groups excluding carboxylic acids is 2. The first-order valence-corrected chi connectivity index (χ1v) is 8.54. The van der Waals surface area contributed by atoms with Crippen LogP contribution in [-0.2, 0) is 10.0 Å². The lowest BCUT2D eigenvalue weighted by Crippen LogP contribution is -2.41. The second-order valence-corrected chi connectivity index (χ2v) is 7.38. The zero-order chi connectivity index (χ0) is 18.6. The fraction of sp³-hybridized carbons (Fsp3) is 0.125. The summed E-state index contributed by atoms with van der Waals surface area (Å²) in [4.78, 5) is 23.9. The van der Waals surface area contributed by atoms with Gasteiger partial charge >= 0.3 is 0 Å². The molecule has 0 aromatic heterocycles. The average molecular weight is 365 g/mol. The number of hydrogen-bond acceptors (Lipinski definition) is 4. The Bertz CT molecular complexity index is 896. The summed E-state index contributed by atoms with van der Waals surface area (Å²) >= 11 is 0. The number of hydrogen-bond donors (Lipinski definition) is 2. The molecule has 0 aliphatic heterocycles. The van der Waals surface area contributed by atoms with Gasteiger partial charge in [-0.3, -0.25) is 20.4 Å². The highest BCUT2D eigenvalue weighted by atomic mass is 32.2. The Morgan fingerprint density at radius 3 is 2.04 bits per heavy atom. The molecule has 2 aromatic rings. The topological polar surface area (TPSA) is 95.6 Å². The van der Waals surface area contributed by atoms with E-state index in [2.05, 4.69) is 10.9 Å². The van der Waals surface area contributed by atoms with E-state index in [1.165, 1.54) is 50.5 Å². The summed E-state index contributed by atoms with van der Waals surface area (Å²) in [5, 5.41) is 0. The molecule has 2 aromatic carbocycles. The minimum atomic E-state index is -3.68. The molecule has 0 saturated carbocycles. The van der Waals surface area contributed by atoms with E-state index in [-0.39, 0.29) is 16.0 Å². The second-order valence-electron chi connectivity index (χ2n) is 5.23. The van der Waals surface area contributed by atoms with E-state index in [9.17, 15) is 22.4 Å². The summed E-state index contributed by atoms with van der Waals surface area (Å²) in [6.07, 6.45) is 0. The third-order valence-electron chi connectivity index (χ3n) is 3.27. The first kappa shape index (κ1) is 18.6. The number of carbonyl (C=O) groups is 2. The number of benzene rings is 2.